The lowest BCUT2D eigenvalue weighted by atomic mass is 10.0. The molecule has 2 aliphatic carbocycles. The fraction of sp³-hybridized carbons (Fsp3) is 0.500. The Kier molecular flexibility index (Phi) is 1.71. The van der Waals surface area contributed by atoms with Crippen molar-refractivity contribution in [1.29, 1.82) is 0 Å². The molecule has 0 bridgehead atoms. The van der Waals surface area contributed by atoms with Crippen molar-refractivity contribution in [3.63, 3.8) is 0 Å². The van der Waals surface area contributed by atoms with E-state index in [0.29, 0.717) is 0 Å². The van der Waals surface area contributed by atoms with Crippen molar-refractivity contribution in [1.82, 2.24) is 0 Å². The Balaban J connectivity index is 1.97. The average Bonchev–Trinajstić information content (AvgIpc) is 2.99. The third-order valence-electron chi connectivity index (χ3n) is 3.38. The fourth-order valence-corrected chi connectivity index (χ4v) is 2.32. The highest BCUT2D eigenvalue weighted by Crippen LogP contribution is 2.47. The number of benzene rings is 1. The Morgan fingerprint density at radius 1 is 1.29 bits per heavy atom. The minimum atomic E-state index is -0.0499. The fourth-order valence-electron chi connectivity index (χ4n) is 1.99. The average molecular weight is 208 g/mol. The summed E-state index contributed by atoms with van der Waals surface area (Å²) in [6.07, 6.45) is 4.80. The van der Waals surface area contributed by atoms with E-state index in [1.54, 1.807) is 0 Å². The first-order valence-electron chi connectivity index (χ1n) is 5.28. The van der Waals surface area contributed by atoms with Crippen molar-refractivity contribution >= 4 is 11.6 Å². The van der Waals surface area contributed by atoms with E-state index >= 15 is 0 Å². The predicted octanol–water partition coefficient (Wildman–Crippen LogP) is 3.17. The standard InChI is InChI=1S/C12H14ClN/c13-11-7-9(12(14)5-6-12)3-4-10(11)8-1-2-8/h3-4,7-8H,1-2,5-6,14H2. The van der Waals surface area contributed by atoms with Gasteiger partial charge in [0.1, 0.15) is 0 Å². The largest absolute Gasteiger partial charge is 0.321 e. The molecule has 0 atom stereocenters. The lowest BCUT2D eigenvalue weighted by molar-refractivity contribution is 0.739. The second kappa shape index (κ2) is 2.74. The molecule has 0 radical (unpaired) electrons. The molecule has 2 saturated carbocycles. The summed E-state index contributed by atoms with van der Waals surface area (Å²) in [7, 11) is 0. The number of hydrogen-bond donors (Lipinski definition) is 1. The second-order valence-corrected chi connectivity index (χ2v) is 5.07. The van der Waals surface area contributed by atoms with Gasteiger partial charge in [-0.25, -0.2) is 0 Å². The Morgan fingerprint density at radius 3 is 2.50 bits per heavy atom. The maximum Gasteiger partial charge on any atom is 0.0444 e. The zero-order valence-corrected chi connectivity index (χ0v) is 8.85. The minimum absolute atomic E-state index is 0.0499. The molecule has 2 heteroatoms. The van der Waals surface area contributed by atoms with Crippen LogP contribution in [0.4, 0.5) is 0 Å². The van der Waals surface area contributed by atoms with Crippen LogP contribution in [0.2, 0.25) is 5.02 Å². The molecular formula is C12H14ClN. The summed E-state index contributed by atoms with van der Waals surface area (Å²) in [6, 6.07) is 6.40. The molecule has 2 N–H and O–H groups in total. The van der Waals surface area contributed by atoms with Crippen LogP contribution >= 0.6 is 11.6 Å². The summed E-state index contributed by atoms with van der Waals surface area (Å²) in [5, 5.41) is 0.918. The van der Waals surface area contributed by atoms with Crippen LogP contribution in [0.5, 0.6) is 0 Å². The van der Waals surface area contributed by atoms with Crippen LogP contribution in [0.3, 0.4) is 0 Å². The van der Waals surface area contributed by atoms with Gasteiger partial charge in [-0.05, 0) is 48.8 Å². The van der Waals surface area contributed by atoms with E-state index < -0.39 is 0 Å². The van der Waals surface area contributed by atoms with Crippen molar-refractivity contribution in [2.24, 2.45) is 5.73 Å². The van der Waals surface area contributed by atoms with Crippen LogP contribution in [0.15, 0.2) is 18.2 Å². The predicted molar refractivity (Wildman–Crippen MR) is 58.5 cm³/mol. The van der Waals surface area contributed by atoms with E-state index in [4.69, 9.17) is 17.3 Å². The summed E-state index contributed by atoms with van der Waals surface area (Å²) >= 11 is 6.24. The summed E-state index contributed by atoms with van der Waals surface area (Å²) in [6.45, 7) is 0. The normalized spacial score (nSPS) is 23.6. The number of nitrogens with two attached hydrogens (primary N) is 1. The van der Waals surface area contributed by atoms with Gasteiger partial charge in [-0.1, -0.05) is 23.7 Å². The number of hydrogen-bond acceptors (Lipinski definition) is 1. The van der Waals surface area contributed by atoms with Gasteiger partial charge in [-0.15, -0.1) is 0 Å². The second-order valence-electron chi connectivity index (χ2n) is 4.67. The van der Waals surface area contributed by atoms with Gasteiger partial charge < -0.3 is 5.73 Å². The maximum absolute atomic E-state index is 6.24. The molecule has 0 spiro atoms. The van der Waals surface area contributed by atoms with Crippen LogP contribution in [-0.4, -0.2) is 0 Å². The third kappa shape index (κ3) is 1.35. The molecule has 2 fully saturated rings. The number of halogens is 1. The molecule has 3 rings (SSSR count). The van der Waals surface area contributed by atoms with Crippen LogP contribution < -0.4 is 5.73 Å². The zero-order valence-electron chi connectivity index (χ0n) is 8.09. The molecule has 0 heterocycles. The molecule has 14 heavy (non-hydrogen) atoms. The highest BCUT2D eigenvalue weighted by Gasteiger charge is 2.40. The summed E-state index contributed by atoms with van der Waals surface area (Å²) < 4.78 is 0. The monoisotopic (exact) mass is 207 g/mol. The summed E-state index contributed by atoms with van der Waals surface area (Å²) in [5.74, 6) is 0.726. The van der Waals surface area contributed by atoms with Gasteiger partial charge in [-0.2, -0.15) is 0 Å². The van der Waals surface area contributed by atoms with Crippen LogP contribution in [0.1, 0.15) is 42.7 Å². The van der Waals surface area contributed by atoms with Gasteiger partial charge in [0.05, 0.1) is 0 Å². The van der Waals surface area contributed by atoms with Gasteiger partial charge >= 0.3 is 0 Å². The molecule has 74 valence electrons. The van der Waals surface area contributed by atoms with Crippen LogP contribution in [-0.2, 0) is 5.54 Å². The lowest BCUT2D eigenvalue weighted by Gasteiger charge is -2.11. The third-order valence-corrected chi connectivity index (χ3v) is 3.71. The Labute approximate surface area is 89.3 Å². The highest BCUT2D eigenvalue weighted by molar-refractivity contribution is 6.31. The van der Waals surface area contributed by atoms with Gasteiger partial charge in [-0.3, -0.25) is 0 Å². The molecule has 0 unspecified atom stereocenters. The van der Waals surface area contributed by atoms with E-state index in [1.165, 1.54) is 24.0 Å². The van der Waals surface area contributed by atoms with E-state index in [2.05, 4.69) is 18.2 Å². The van der Waals surface area contributed by atoms with E-state index in [0.717, 1.165) is 23.8 Å². The van der Waals surface area contributed by atoms with E-state index in [1.807, 2.05) is 0 Å². The van der Waals surface area contributed by atoms with E-state index in [9.17, 15) is 0 Å². The van der Waals surface area contributed by atoms with Gasteiger partial charge in [0.2, 0.25) is 0 Å². The van der Waals surface area contributed by atoms with Crippen molar-refractivity contribution < 1.29 is 0 Å². The summed E-state index contributed by atoms with van der Waals surface area (Å²) in [4.78, 5) is 0. The van der Waals surface area contributed by atoms with Crippen LogP contribution in [0, 0.1) is 0 Å². The molecule has 0 aliphatic heterocycles. The van der Waals surface area contributed by atoms with Crippen molar-refractivity contribution in [2.45, 2.75) is 37.1 Å². The first kappa shape index (κ1) is 8.75. The van der Waals surface area contributed by atoms with E-state index in [-0.39, 0.29) is 5.54 Å². The smallest absolute Gasteiger partial charge is 0.0444 e. The lowest BCUT2D eigenvalue weighted by Crippen LogP contribution is -2.18. The number of rotatable bonds is 2. The highest BCUT2D eigenvalue weighted by atomic mass is 35.5. The summed E-state index contributed by atoms with van der Waals surface area (Å²) in [5.41, 5.74) is 8.60. The first-order valence-corrected chi connectivity index (χ1v) is 5.66. The molecule has 2 aliphatic rings. The Hall–Kier alpha value is -0.530. The van der Waals surface area contributed by atoms with Gasteiger partial charge in [0, 0.05) is 10.6 Å². The molecule has 1 aromatic carbocycles. The molecule has 1 nitrogen and oxygen atoms in total. The van der Waals surface area contributed by atoms with Crippen LogP contribution in [0.25, 0.3) is 0 Å². The minimum Gasteiger partial charge on any atom is -0.321 e. The van der Waals surface area contributed by atoms with Crippen molar-refractivity contribution in [2.75, 3.05) is 0 Å². The Bertz CT molecular complexity index is 378. The topological polar surface area (TPSA) is 26.0 Å². The first-order chi connectivity index (χ1) is 6.69. The quantitative estimate of drug-likeness (QED) is 0.792. The molecule has 0 amide bonds. The van der Waals surface area contributed by atoms with Crippen molar-refractivity contribution in [3.05, 3.63) is 34.3 Å². The molecule has 0 saturated heterocycles. The molecular weight excluding hydrogens is 194 g/mol. The van der Waals surface area contributed by atoms with Crippen molar-refractivity contribution in [3.8, 4) is 0 Å². The van der Waals surface area contributed by atoms with Gasteiger partial charge in [0.25, 0.3) is 0 Å². The SMILES string of the molecule is NC1(c2ccc(C3CC3)c(Cl)c2)CC1. The maximum atomic E-state index is 6.24. The van der Waals surface area contributed by atoms with Gasteiger partial charge in [0.15, 0.2) is 0 Å². The molecule has 1 aromatic rings. The Morgan fingerprint density at radius 2 is 2.00 bits per heavy atom. The zero-order chi connectivity index (χ0) is 9.76. The molecule has 0 aromatic heterocycles.